The lowest BCUT2D eigenvalue weighted by atomic mass is 9.80. The van der Waals surface area contributed by atoms with Gasteiger partial charge in [-0.2, -0.15) is 0 Å². The maximum Gasteiger partial charge on any atom is 0.248 e. The van der Waals surface area contributed by atoms with Crippen LogP contribution in [0.4, 0.5) is 0 Å². The average Bonchev–Trinajstić information content (AvgIpc) is 3.26. The number of piperazine rings is 1. The van der Waals surface area contributed by atoms with Crippen LogP contribution in [0.3, 0.4) is 0 Å². The molecule has 2 aliphatic carbocycles. The zero-order valence-corrected chi connectivity index (χ0v) is 13.4. The highest BCUT2D eigenvalue weighted by Crippen LogP contribution is 2.41. The highest BCUT2D eigenvalue weighted by molar-refractivity contribution is 5.98. The Bertz CT molecular complexity index is 433. The fourth-order valence-corrected chi connectivity index (χ4v) is 4.23. The van der Waals surface area contributed by atoms with Crippen molar-refractivity contribution in [1.82, 2.24) is 10.2 Å². The highest BCUT2D eigenvalue weighted by atomic mass is 16.2. The van der Waals surface area contributed by atoms with Crippen LogP contribution in [0.1, 0.15) is 58.8 Å². The molecule has 4 heteroatoms. The van der Waals surface area contributed by atoms with Crippen molar-refractivity contribution in [3.05, 3.63) is 0 Å². The van der Waals surface area contributed by atoms with Crippen molar-refractivity contribution in [2.45, 2.75) is 64.3 Å². The quantitative estimate of drug-likeness (QED) is 0.864. The summed E-state index contributed by atoms with van der Waals surface area (Å²) < 4.78 is 0. The Hall–Kier alpha value is -1.06. The van der Waals surface area contributed by atoms with Gasteiger partial charge in [0, 0.05) is 6.54 Å². The maximum atomic E-state index is 12.7. The lowest BCUT2D eigenvalue weighted by Gasteiger charge is -2.40. The Morgan fingerprint density at radius 3 is 2.67 bits per heavy atom. The van der Waals surface area contributed by atoms with Crippen LogP contribution in [0.15, 0.2) is 0 Å². The van der Waals surface area contributed by atoms with Crippen molar-refractivity contribution < 1.29 is 9.59 Å². The number of hydrogen-bond acceptors (Lipinski definition) is 2. The molecule has 1 aliphatic heterocycles. The molecule has 118 valence electrons. The van der Waals surface area contributed by atoms with Crippen LogP contribution < -0.4 is 5.32 Å². The van der Waals surface area contributed by atoms with Gasteiger partial charge in [-0.25, -0.2) is 0 Å². The average molecular weight is 292 g/mol. The molecular formula is C17H28N2O2. The van der Waals surface area contributed by atoms with E-state index < -0.39 is 5.54 Å². The van der Waals surface area contributed by atoms with Gasteiger partial charge in [0.2, 0.25) is 11.8 Å². The lowest BCUT2D eigenvalue weighted by molar-refractivity contribution is -0.150. The first-order valence-electron chi connectivity index (χ1n) is 8.59. The van der Waals surface area contributed by atoms with Crippen molar-refractivity contribution in [2.24, 2.45) is 17.8 Å². The van der Waals surface area contributed by atoms with Gasteiger partial charge < -0.3 is 10.2 Å². The molecule has 0 spiro atoms. The van der Waals surface area contributed by atoms with E-state index >= 15 is 0 Å². The molecule has 0 bridgehead atoms. The summed E-state index contributed by atoms with van der Waals surface area (Å²) in [6.07, 6.45) is 8.44. The van der Waals surface area contributed by atoms with E-state index in [1.807, 2.05) is 11.8 Å². The molecule has 3 rings (SSSR count). The Morgan fingerprint density at radius 2 is 2.00 bits per heavy atom. The summed E-state index contributed by atoms with van der Waals surface area (Å²) in [7, 11) is 0. The van der Waals surface area contributed by atoms with Crippen LogP contribution >= 0.6 is 0 Å². The summed E-state index contributed by atoms with van der Waals surface area (Å²) in [6, 6.07) is 0. The predicted octanol–water partition coefficient (Wildman–Crippen LogP) is 2.33. The zero-order chi connectivity index (χ0) is 15.0. The van der Waals surface area contributed by atoms with E-state index in [9.17, 15) is 9.59 Å². The fourth-order valence-electron chi connectivity index (χ4n) is 4.23. The van der Waals surface area contributed by atoms with Crippen LogP contribution in [0.2, 0.25) is 0 Å². The summed E-state index contributed by atoms with van der Waals surface area (Å²) in [5.41, 5.74) is -0.630. The highest BCUT2D eigenvalue weighted by Gasteiger charge is 2.52. The number of nitrogens with zero attached hydrogens (tertiary/aromatic N) is 1. The van der Waals surface area contributed by atoms with Crippen LogP contribution in [-0.2, 0) is 9.59 Å². The molecule has 2 saturated carbocycles. The Morgan fingerprint density at radius 1 is 1.24 bits per heavy atom. The zero-order valence-electron chi connectivity index (χ0n) is 13.4. The number of carbonyl (C=O) groups excluding carboxylic acids is 2. The smallest absolute Gasteiger partial charge is 0.248 e. The van der Waals surface area contributed by atoms with E-state index in [2.05, 4.69) is 12.2 Å². The maximum absolute atomic E-state index is 12.7. The topological polar surface area (TPSA) is 49.4 Å². The summed E-state index contributed by atoms with van der Waals surface area (Å²) in [4.78, 5) is 26.5. The van der Waals surface area contributed by atoms with Crippen molar-refractivity contribution in [2.75, 3.05) is 13.1 Å². The van der Waals surface area contributed by atoms with Crippen LogP contribution in [-0.4, -0.2) is 35.3 Å². The number of amides is 2. The number of nitrogens with one attached hydrogen (secondary N) is 1. The number of carbonyl (C=O) groups is 2. The van der Waals surface area contributed by atoms with E-state index in [1.54, 1.807) is 0 Å². The van der Waals surface area contributed by atoms with Gasteiger partial charge in [0.25, 0.3) is 0 Å². The van der Waals surface area contributed by atoms with Gasteiger partial charge in [0.15, 0.2) is 0 Å². The van der Waals surface area contributed by atoms with Gasteiger partial charge in [0.1, 0.15) is 5.54 Å². The van der Waals surface area contributed by atoms with Crippen molar-refractivity contribution in [1.29, 1.82) is 0 Å². The standard InChI is InChI=1S/C17H28N2O2/c1-12-4-3-5-13(10-12)8-9-19-11-15(20)18-17(2,16(19)21)14-6-7-14/h12-14H,3-11H2,1-2H3,(H,18,20). The van der Waals surface area contributed by atoms with Gasteiger partial charge in [-0.1, -0.05) is 26.2 Å². The Balaban J connectivity index is 1.59. The minimum Gasteiger partial charge on any atom is -0.340 e. The van der Waals surface area contributed by atoms with E-state index in [0.29, 0.717) is 5.92 Å². The largest absolute Gasteiger partial charge is 0.340 e. The molecule has 0 aromatic rings. The van der Waals surface area contributed by atoms with Gasteiger partial charge in [0.05, 0.1) is 6.54 Å². The second-order valence-corrected chi connectivity index (χ2v) is 7.68. The SMILES string of the molecule is CC1CCCC(CCN2CC(=O)NC(C)(C3CC3)C2=O)C1. The van der Waals surface area contributed by atoms with Crippen LogP contribution in [0.5, 0.6) is 0 Å². The Kier molecular flexibility index (Phi) is 3.98. The van der Waals surface area contributed by atoms with Gasteiger partial charge in [-0.15, -0.1) is 0 Å². The molecule has 3 atom stereocenters. The molecule has 21 heavy (non-hydrogen) atoms. The monoisotopic (exact) mass is 292 g/mol. The molecule has 1 heterocycles. The van der Waals surface area contributed by atoms with Gasteiger partial charge in [-0.3, -0.25) is 9.59 Å². The van der Waals surface area contributed by atoms with Crippen molar-refractivity contribution in [3.63, 3.8) is 0 Å². The second kappa shape index (κ2) is 5.62. The summed E-state index contributed by atoms with van der Waals surface area (Å²) in [5, 5.41) is 2.95. The molecule has 1 N–H and O–H groups in total. The van der Waals surface area contributed by atoms with Crippen molar-refractivity contribution >= 4 is 11.8 Å². The minimum absolute atomic E-state index is 0.0148. The van der Waals surface area contributed by atoms with E-state index in [0.717, 1.165) is 37.6 Å². The molecule has 0 radical (unpaired) electrons. The van der Waals surface area contributed by atoms with Crippen LogP contribution in [0, 0.1) is 17.8 Å². The first kappa shape index (κ1) is 14.9. The minimum atomic E-state index is -0.630. The predicted molar refractivity (Wildman–Crippen MR) is 81.6 cm³/mol. The normalized spacial score (nSPS) is 37.5. The lowest BCUT2D eigenvalue weighted by Crippen LogP contribution is -2.66. The Labute approximate surface area is 127 Å². The third kappa shape index (κ3) is 3.09. The van der Waals surface area contributed by atoms with Gasteiger partial charge in [-0.05, 0) is 50.4 Å². The molecule has 4 nitrogen and oxygen atoms in total. The van der Waals surface area contributed by atoms with E-state index in [4.69, 9.17) is 0 Å². The number of hydrogen-bond donors (Lipinski definition) is 1. The van der Waals surface area contributed by atoms with Crippen molar-refractivity contribution in [3.8, 4) is 0 Å². The molecule has 0 aromatic carbocycles. The molecule has 3 aliphatic rings. The third-order valence-electron chi connectivity index (χ3n) is 5.71. The molecule has 3 fully saturated rings. The van der Waals surface area contributed by atoms with E-state index in [1.165, 1.54) is 25.7 Å². The van der Waals surface area contributed by atoms with Crippen LogP contribution in [0.25, 0.3) is 0 Å². The molecule has 3 unspecified atom stereocenters. The molecule has 1 saturated heterocycles. The summed E-state index contributed by atoms with van der Waals surface area (Å²) >= 11 is 0. The molecule has 0 aromatic heterocycles. The third-order valence-corrected chi connectivity index (χ3v) is 5.71. The number of rotatable bonds is 4. The fraction of sp³-hybridized carbons (Fsp3) is 0.882. The first-order valence-corrected chi connectivity index (χ1v) is 8.59. The van der Waals surface area contributed by atoms with Gasteiger partial charge >= 0.3 is 0 Å². The first-order chi connectivity index (χ1) is 9.99. The summed E-state index contributed by atoms with van der Waals surface area (Å²) in [5.74, 6) is 2.07. The molecular weight excluding hydrogens is 264 g/mol. The summed E-state index contributed by atoms with van der Waals surface area (Å²) in [6.45, 7) is 5.25. The molecule has 2 amide bonds. The van der Waals surface area contributed by atoms with E-state index in [-0.39, 0.29) is 18.4 Å². The second-order valence-electron chi connectivity index (χ2n) is 7.68.